The van der Waals surface area contributed by atoms with Crippen LogP contribution in [0.1, 0.15) is 71.1 Å². The Bertz CT molecular complexity index is 248. The lowest BCUT2D eigenvalue weighted by Gasteiger charge is -2.04. The summed E-state index contributed by atoms with van der Waals surface area (Å²) >= 11 is 0. The highest BCUT2D eigenvalue weighted by Crippen LogP contribution is 2.22. The highest BCUT2D eigenvalue weighted by Gasteiger charge is 2.32. The van der Waals surface area contributed by atoms with E-state index in [0.717, 1.165) is 12.8 Å². The van der Waals surface area contributed by atoms with Gasteiger partial charge in [-0.1, -0.05) is 58.3 Å². The van der Waals surface area contributed by atoms with Crippen LogP contribution in [-0.2, 0) is 14.3 Å². The predicted octanol–water partition coefficient (Wildman–Crippen LogP) is 3.61. The Kier molecular flexibility index (Phi) is 6.90. The molecule has 3 heteroatoms. The zero-order chi connectivity index (χ0) is 12.5. The van der Waals surface area contributed by atoms with Crippen molar-refractivity contribution < 1.29 is 14.3 Å². The molecule has 0 radical (unpaired) electrons. The largest absolute Gasteiger partial charge is 0.393 e. The van der Waals surface area contributed by atoms with Crippen molar-refractivity contribution in [2.24, 2.45) is 5.92 Å². The Morgan fingerprint density at radius 2 is 1.59 bits per heavy atom. The molecule has 0 saturated carbocycles. The number of cyclic esters (lactones) is 2. The van der Waals surface area contributed by atoms with Gasteiger partial charge in [0.15, 0.2) is 0 Å². The summed E-state index contributed by atoms with van der Waals surface area (Å²) in [5.41, 5.74) is 0. The molecule has 0 bridgehead atoms. The van der Waals surface area contributed by atoms with E-state index in [9.17, 15) is 9.59 Å². The molecule has 0 aromatic rings. The standard InChI is InChI=1S/C14H24O3/c1-2-3-4-5-6-7-8-9-10-12-11-13(15)17-14(12)16/h12H,2-11H2,1H3. The molecule has 1 unspecified atom stereocenters. The first kappa shape index (κ1) is 14.2. The van der Waals surface area contributed by atoms with Crippen molar-refractivity contribution >= 4 is 11.9 Å². The van der Waals surface area contributed by atoms with E-state index in [1.807, 2.05) is 0 Å². The van der Waals surface area contributed by atoms with Crippen LogP contribution in [0.5, 0.6) is 0 Å². The molecule has 3 nitrogen and oxygen atoms in total. The zero-order valence-electron chi connectivity index (χ0n) is 10.9. The number of unbranched alkanes of at least 4 members (excludes halogenated alkanes) is 7. The first-order valence-electron chi connectivity index (χ1n) is 6.98. The monoisotopic (exact) mass is 240 g/mol. The van der Waals surface area contributed by atoms with Crippen LogP contribution in [0.2, 0.25) is 0 Å². The molecule has 1 rings (SSSR count). The average molecular weight is 240 g/mol. The minimum absolute atomic E-state index is 0.150. The first-order chi connectivity index (χ1) is 8.24. The zero-order valence-corrected chi connectivity index (χ0v) is 10.9. The van der Waals surface area contributed by atoms with E-state index in [1.165, 1.54) is 44.9 Å². The lowest BCUT2D eigenvalue weighted by Crippen LogP contribution is -2.06. The fourth-order valence-electron chi connectivity index (χ4n) is 2.27. The molecule has 0 amide bonds. The van der Waals surface area contributed by atoms with Crippen molar-refractivity contribution in [1.29, 1.82) is 0 Å². The molecule has 0 aromatic carbocycles. The smallest absolute Gasteiger partial charge is 0.317 e. The number of carbonyl (C=O) groups excluding carboxylic acids is 2. The Morgan fingerprint density at radius 3 is 2.12 bits per heavy atom. The van der Waals surface area contributed by atoms with Crippen molar-refractivity contribution in [3.05, 3.63) is 0 Å². The van der Waals surface area contributed by atoms with Gasteiger partial charge in [-0.25, -0.2) is 0 Å². The van der Waals surface area contributed by atoms with E-state index in [2.05, 4.69) is 11.7 Å². The van der Waals surface area contributed by atoms with Crippen LogP contribution in [0.25, 0.3) is 0 Å². The van der Waals surface area contributed by atoms with Gasteiger partial charge < -0.3 is 4.74 Å². The molecule has 17 heavy (non-hydrogen) atoms. The Balaban J connectivity index is 1.91. The first-order valence-corrected chi connectivity index (χ1v) is 6.98. The third-order valence-electron chi connectivity index (χ3n) is 3.37. The van der Waals surface area contributed by atoms with E-state index in [4.69, 9.17) is 0 Å². The number of hydrogen-bond donors (Lipinski definition) is 0. The van der Waals surface area contributed by atoms with Gasteiger partial charge in [-0.15, -0.1) is 0 Å². The molecule has 1 aliphatic heterocycles. The predicted molar refractivity (Wildman–Crippen MR) is 66.4 cm³/mol. The van der Waals surface area contributed by atoms with Gasteiger partial charge in [-0.05, 0) is 6.42 Å². The fourth-order valence-corrected chi connectivity index (χ4v) is 2.27. The maximum atomic E-state index is 11.2. The summed E-state index contributed by atoms with van der Waals surface area (Å²) in [6, 6.07) is 0. The van der Waals surface area contributed by atoms with Crippen LogP contribution in [0.3, 0.4) is 0 Å². The summed E-state index contributed by atoms with van der Waals surface area (Å²) in [5.74, 6) is -0.805. The molecule has 0 aromatic heterocycles. The molecular formula is C14H24O3. The minimum Gasteiger partial charge on any atom is -0.393 e. The molecule has 1 saturated heterocycles. The van der Waals surface area contributed by atoms with E-state index >= 15 is 0 Å². The lowest BCUT2D eigenvalue weighted by atomic mass is 9.99. The van der Waals surface area contributed by atoms with Crippen molar-refractivity contribution in [3.63, 3.8) is 0 Å². The van der Waals surface area contributed by atoms with Gasteiger partial charge in [-0.2, -0.15) is 0 Å². The highest BCUT2D eigenvalue weighted by molar-refractivity contribution is 5.94. The van der Waals surface area contributed by atoms with Gasteiger partial charge in [-0.3, -0.25) is 9.59 Å². The average Bonchev–Trinajstić information content (AvgIpc) is 2.61. The Hall–Kier alpha value is -0.860. The molecule has 1 fully saturated rings. The van der Waals surface area contributed by atoms with Gasteiger partial charge in [0.05, 0.1) is 12.3 Å². The van der Waals surface area contributed by atoms with Crippen LogP contribution < -0.4 is 0 Å². The highest BCUT2D eigenvalue weighted by atomic mass is 16.6. The number of carbonyl (C=O) groups is 2. The summed E-state index contributed by atoms with van der Waals surface area (Å²) in [7, 11) is 0. The van der Waals surface area contributed by atoms with Gasteiger partial charge in [0.1, 0.15) is 0 Å². The van der Waals surface area contributed by atoms with Crippen LogP contribution in [0, 0.1) is 5.92 Å². The second-order valence-corrected chi connectivity index (χ2v) is 4.96. The number of ether oxygens (including phenoxy) is 1. The van der Waals surface area contributed by atoms with E-state index in [1.54, 1.807) is 0 Å². The van der Waals surface area contributed by atoms with Crippen molar-refractivity contribution in [2.45, 2.75) is 71.1 Å². The summed E-state index contributed by atoms with van der Waals surface area (Å²) in [6.45, 7) is 2.22. The molecule has 1 atom stereocenters. The molecule has 1 heterocycles. The number of rotatable bonds is 9. The van der Waals surface area contributed by atoms with Gasteiger partial charge in [0, 0.05) is 0 Å². The van der Waals surface area contributed by atoms with Gasteiger partial charge in [0.2, 0.25) is 0 Å². The Morgan fingerprint density at radius 1 is 1.00 bits per heavy atom. The lowest BCUT2D eigenvalue weighted by molar-refractivity contribution is -0.153. The fraction of sp³-hybridized carbons (Fsp3) is 0.857. The van der Waals surface area contributed by atoms with Crippen molar-refractivity contribution in [1.82, 2.24) is 0 Å². The number of hydrogen-bond acceptors (Lipinski definition) is 3. The third-order valence-corrected chi connectivity index (χ3v) is 3.37. The summed E-state index contributed by atoms with van der Waals surface area (Å²) in [6.07, 6.45) is 11.2. The van der Waals surface area contributed by atoms with Gasteiger partial charge >= 0.3 is 11.9 Å². The summed E-state index contributed by atoms with van der Waals surface area (Å²) in [4.78, 5) is 22.0. The molecule has 98 valence electrons. The molecule has 0 spiro atoms. The molecule has 0 N–H and O–H groups in total. The second-order valence-electron chi connectivity index (χ2n) is 4.96. The molecule has 1 aliphatic rings. The normalized spacial score (nSPS) is 19.7. The SMILES string of the molecule is CCCCCCCCCCC1CC(=O)OC1=O. The van der Waals surface area contributed by atoms with E-state index in [0.29, 0.717) is 6.42 Å². The van der Waals surface area contributed by atoms with Crippen molar-refractivity contribution in [2.75, 3.05) is 0 Å². The third kappa shape index (κ3) is 5.85. The van der Waals surface area contributed by atoms with Crippen LogP contribution in [0.4, 0.5) is 0 Å². The maximum Gasteiger partial charge on any atom is 0.317 e. The maximum absolute atomic E-state index is 11.2. The van der Waals surface area contributed by atoms with Crippen LogP contribution in [0.15, 0.2) is 0 Å². The van der Waals surface area contributed by atoms with Crippen LogP contribution in [-0.4, -0.2) is 11.9 Å². The second kappa shape index (κ2) is 8.26. The molecular weight excluding hydrogens is 216 g/mol. The van der Waals surface area contributed by atoms with E-state index < -0.39 is 0 Å². The van der Waals surface area contributed by atoms with Gasteiger partial charge in [0.25, 0.3) is 0 Å². The topological polar surface area (TPSA) is 43.4 Å². The number of esters is 2. The Labute approximate surface area is 104 Å². The van der Waals surface area contributed by atoms with Crippen LogP contribution >= 0.6 is 0 Å². The summed E-state index contributed by atoms with van der Waals surface area (Å²) in [5, 5.41) is 0. The minimum atomic E-state index is -0.348. The van der Waals surface area contributed by atoms with Crippen molar-refractivity contribution in [3.8, 4) is 0 Å². The molecule has 0 aliphatic carbocycles. The quantitative estimate of drug-likeness (QED) is 0.351. The summed E-state index contributed by atoms with van der Waals surface area (Å²) < 4.78 is 4.52. The van der Waals surface area contributed by atoms with E-state index in [-0.39, 0.29) is 17.9 Å².